The molecule has 1 aromatic rings. The van der Waals surface area contributed by atoms with Crippen LogP contribution in [0.4, 0.5) is 0 Å². The molecule has 5 nitrogen and oxygen atoms in total. The fraction of sp³-hybridized carbons (Fsp3) is 0.733. The van der Waals surface area contributed by atoms with E-state index in [0.717, 1.165) is 68.8 Å². The highest BCUT2D eigenvalue weighted by atomic mass is 32.1. The highest BCUT2D eigenvalue weighted by molar-refractivity contribution is 7.09. The molecule has 0 fully saturated rings. The molecular formula is C15H28N4OS. The topological polar surface area (TPSA) is 58.5 Å². The molecule has 1 rings (SSSR count). The summed E-state index contributed by atoms with van der Waals surface area (Å²) >= 11 is 1.70. The van der Waals surface area contributed by atoms with Crippen molar-refractivity contribution in [2.75, 3.05) is 32.8 Å². The summed E-state index contributed by atoms with van der Waals surface area (Å²) in [5, 5.41) is 9.86. The number of rotatable bonds is 10. The van der Waals surface area contributed by atoms with Crippen LogP contribution in [0.25, 0.3) is 0 Å². The number of unbranched alkanes of at least 4 members (excludes halogenated alkanes) is 1. The van der Waals surface area contributed by atoms with E-state index in [0.29, 0.717) is 0 Å². The van der Waals surface area contributed by atoms with Crippen molar-refractivity contribution < 1.29 is 4.74 Å². The number of aryl methyl sites for hydroxylation is 1. The lowest BCUT2D eigenvalue weighted by Gasteiger charge is -2.10. The molecule has 0 spiro atoms. The second-order valence-electron chi connectivity index (χ2n) is 4.70. The van der Waals surface area contributed by atoms with E-state index >= 15 is 0 Å². The van der Waals surface area contributed by atoms with E-state index < -0.39 is 0 Å². The zero-order chi connectivity index (χ0) is 15.3. The third-order valence-corrected chi connectivity index (χ3v) is 3.68. The normalized spacial score (nSPS) is 11.7. The maximum atomic E-state index is 5.32. The first-order chi connectivity index (χ1) is 10.3. The van der Waals surface area contributed by atoms with Gasteiger partial charge in [-0.3, -0.25) is 4.99 Å². The van der Waals surface area contributed by atoms with Gasteiger partial charge in [0.1, 0.15) is 0 Å². The van der Waals surface area contributed by atoms with E-state index in [1.165, 1.54) is 0 Å². The van der Waals surface area contributed by atoms with Crippen molar-refractivity contribution in [1.82, 2.24) is 15.6 Å². The molecule has 21 heavy (non-hydrogen) atoms. The Bertz CT molecular complexity index is 406. The van der Waals surface area contributed by atoms with Crippen molar-refractivity contribution in [2.24, 2.45) is 4.99 Å². The Morgan fingerprint density at radius 3 is 2.86 bits per heavy atom. The fourth-order valence-electron chi connectivity index (χ4n) is 1.82. The van der Waals surface area contributed by atoms with Crippen LogP contribution in [0.1, 0.15) is 37.4 Å². The molecular weight excluding hydrogens is 284 g/mol. The van der Waals surface area contributed by atoms with E-state index in [2.05, 4.69) is 32.9 Å². The van der Waals surface area contributed by atoms with Gasteiger partial charge in [0.2, 0.25) is 0 Å². The molecule has 0 radical (unpaired) electrons. The van der Waals surface area contributed by atoms with E-state index in [9.17, 15) is 0 Å². The first-order valence-corrected chi connectivity index (χ1v) is 8.65. The van der Waals surface area contributed by atoms with Crippen molar-refractivity contribution in [3.8, 4) is 0 Å². The van der Waals surface area contributed by atoms with Crippen LogP contribution in [0.2, 0.25) is 0 Å². The summed E-state index contributed by atoms with van der Waals surface area (Å²) in [6.45, 7) is 10.3. The summed E-state index contributed by atoms with van der Waals surface area (Å²) in [7, 11) is 0. The number of aromatic nitrogens is 1. The quantitative estimate of drug-likeness (QED) is 0.396. The van der Waals surface area contributed by atoms with Gasteiger partial charge in [0, 0.05) is 44.6 Å². The van der Waals surface area contributed by atoms with Crippen LogP contribution in [0.5, 0.6) is 0 Å². The molecule has 1 aromatic heterocycles. The van der Waals surface area contributed by atoms with Crippen molar-refractivity contribution >= 4 is 17.3 Å². The smallest absolute Gasteiger partial charge is 0.191 e. The van der Waals surface area contributed by atoms with Crippen LogP contribution >= 0.6 is 11.3 Å². The molecule has 2 N–H and O–H groups in total. The van der Waals surface area contributed by atoms with Gasteiger partial charge in [-0.25, -0.2) is 4.98 Å². The summed E-state index contributed by atoms with van der Waals surface area (Å²) < 4.78 is 5.32. The number of nitrogens with zero attached hydrogens (tertiary/aromatic N) is 2. The minimum Gasteiger partial charge on any atom is -0.382 e. The third kappa shape index (κ3) is 8.67. The second-order valence-corrected chi connectivity index (χ2v) is 5.76. The Balaban J connectivity index is 2.21. The monoisotopic (exact) mass is 312 g/mol. The van der Waals surface area contributed by atoms with E-state index in [1.54, 1.807) is 11.3 Å². The molecule has 0 aliphatic rings. The number of guanidine groups is 1. The van der Waals surface area contributed by atoms with Crippen molar-refractivity contribution in [2.45, 2.75) is 40.0 Å². The zero-order valence-electron chi connectivity index (χ0n) is 13.4. The van der Waals surface area contributed by atoms with Gasteiger partial charge in [-0.2, -0.15) is 0 Å². The van der Waals surface area contributed by atoms with Gasteiger partial charge in [0.05, 0.1) is 10.7 Å². The minimum atomic E-state index is 0.795. The van der Waals surface area contributed by atoms with E-state index in [-0.39, 0.29) is 0 Å². The van der Waals surface area contributed by atoms with Crippen LogP contribution in [-0.2, 0) is 11.2 Å². The van der Waals surface area contributed by atoms with Crippen LogP contribution in [0.15, 0.2) is 10.4 Å². The molecule has 0 saturated carbocycles. The average Bonchev–Trinajstić information content (AvgIpc) is 2.88. The van der Waals surface area contributed by atoms with Crippen LogP contribution in [0, 0.1) is 6.92 Å². The van der Waals surface area contributed by atoms with Gasteiger partial charge in [0.15, 0.2) is 5.96 Å². The predicted octanol–water partition coefficient (Wildman–Crippen LogP) is 2.37. The molecule has 0 aromatic carbocycles. The van der Waals surface area contributed by atoms with Crippen molar-refractivity contribution in [3.05, 3.63) is 16.1 Å². The summed E-state index contributed by atoms with van der Waals surface area (Å²) in [5.41, 5.74) is 1.15. The number of aliphatic imine (C=N–C) groups is 1. The Morgan fingerprint density at radius 1 is 1.33 bits per heavy atom. The van der Waals surface area contributed by atoms with Crippen LogP contribution in [0.3, 0.4) is 0 Å². The summed E-state index contributed by atoms with van der Waals surface area (Å²) in [4.78, 5) is 9.03. The SMILES string of the molecule is CCNC(=NCCCCOCC)NCCc1csc(C)n1. The molecule has 0 unspecified atom stereocenters. The molecule has 1 heterocycles. The maximum Gasteiger partial charge on any atom is 0.191 e. The fourth-order valence-corrected chi connectivity index (χ4v) is 2.47. The van der Waals surface area contributed by atoms with Gasteiger partial charge in [0.25, 0.3) is 0 Å². The molecule has 0 bridgehead atoms. The van der Waals surface area contributed by atoms with Gasteiger partial charge in [-0.15, -0.1) is 11.3 Å². The van der Waals surface area contributed by atoms with Gasteiger partial charge < -0.3 is 15.4 Å². The Hall–Kier alpha value is -1.14. The molecule has 0 aliphatic heterocycles. The third-order valence-electron chi connectivity index (χ3n) is 2.86. The molecule has 0 saturated heterocycles. The summed E-state index contributed by atoms with van der Waals surface area (Å²) in [6.07, 6.45) is 3.05. The zero-order valence-corrected chi connectivity index (χ0v) is 14.3. The number of thiazole rings is 1. The van der Waals surface area contributed by atoms with Gasteiger partial charge in [-0.1, -0.05) is 0 Å². The lowest BCUT2D eigenvalue weighted by atomic mass is 10.3. The number of ether oxygens (including phenoxy) is 1. The van der Waals surface area contributed by atoms with Crippen LogP contribution in [-0.4, -0.2) is 43.8 Å². The first-order valence-electron chi connectivity index (χ1n) is 7.77. The maximum absolute atomic E-state index is 5.32. The van der Waals surface area contributed by atoms with Crippen molar-refractivity contribution in [3.63, 3.8) is 0 Å². The molecule has 6 heteroatoms. The van der Waals surface area contributed by atoms with E-state index in [4.69, 9.17) is 4.74 Å². The standard InChI is InChI=1S/C15H28N4OS/c1-4-16-15(17-9-6-7-11-20-5-2)18-10-8-14-12-21-13(3)19-14/h12H,4-11H2,1-3H3,(H2,16,17,18). The predicted molar refractivity (Wildman–Crippen MR) is 90.3 cm³/mol. The molecule has 0 atom stereocenters. The lowest BCUT2D eigenvalue weighted by molar-refractivity contribution is 0.144. The number of hydrogen-bond acceptors (Lipinski definition) is 4. The first kappa shape index (κ1) is 17.9. The Labute approximate surface area is 132 Å². The molecule has 120 valence electrons. The van der Waals surface area contributed by atoms with E-state index in [1.807, 2.05) is 13.8 Å². The van der Waals surface area contributed by atoms with Crippen molar-refractivity contribution in [1.29, 1.82) is 0 Å². The minimum absolute atomic E-state index is 0.795. The number of nitrogens with one attached hydrogen (secondary N) is 2. The van der Waals surface area contributed by atoms with Crippen LogP contribution < -0.4 is 10.6 Å². The Kier molecular flexibility index (Phi) is 9.82. The Morgan fingerprint density at radius 2 is 2.19 bits per heavy atom. The van der Waals surface area contributed by atoms with Gasteiger partial charge in [-0.05, 0) is 33.6 Å². The second kappa shape index (κ2) is 11.5. The summed E-state index contributed by atoms with van der Waals surface area (Å²) in [6, 6.07) is 0. The van der Waals surface area contributed by atoms with Gasteiger partial charge >= 0.3 is 0 Å². The number of hydrogen-bond donors (Lipinski definition) is 2. The molecule has 0 aliphatic carbocycles. The largest absolute Gasteiger partial charge is 0.382 e. The highest BCUT2D eigenvalue weighted by Gasteiger charge is 2.00. The average molecular weight is 312 g/mol. The molecule has 0 amide bonds. The summed E-state index contributed by atoms with van der Waals surface area (Å²) in [5.74, 6) is 0.890. The lowest BCUT2D eigenvalue weighted by Crippen LogP contribution is -2.38. The highest BCUT2D eigenvalue weighted by Crippen LogP contribution is 2.07.